The van der Waals surface area contributed by atoms with Crippen molar-refractivity contribution in [3.63, 3.8) is 0 Å². The van der Waals surface area contributed by atoms with Crippen LogP contribution in [0.5, 0.6) is 0 Å². The lowest BCUT2D eigenvalue weighted by molar-refractivity contribution is -0.132. The molecule has 2 rings (SSSR count). The van der Waals surface area contributed by atoms with Crippen LogP contribution in [0.15, 0.2) is 12.2 Å². The molecule has 66 valence electrons. The van der Waals surface area contributed by atoms with Gasteiger partial charge in [-0.3, -0.25) is 4.79 Å². The van der Waals surface area contributed by atoms with Crippen LogP contribution in [0.4, 0.5) is 0 Å². The summed E-state index contributed by atoms with van der Waals surface area (Å²) < 4.78 is 0. The molecule has 0 aromatic carbocycles. The molecule has 0 saturated carbocycles. The number of fused-ring (bicyclic) bond motifs is 2. The maximum absolute atomic E-state index is 11.3. The maximum atomic E-state index is 11.3. The van der Waals surface area contributed by atoms with Crippen LogP contribution in [0.2, 0.25) is 0 Å². The molecule has 0 aromatic rings. The van der Waals surface area contributed by atoms with Crippen molar-refractivity contribution >= 4 is 5.91 Å². The second kappa shape index (κ2) is 2.61. The summed E-state index contributed by atoms with van der Waals surface area (Å²) in [5.41, 5.74) is 1.33. The summed E-state index contributed by atoms with van der Waals surface area (Å²) in [5.74, 6) is 0.245. The third-order valence-corrected chi connectivity index (χ3v) is 3.03. The molecule has 0 radical (unpaired) electrons. The molecular weight excluding hydrogens is 150 g/mol. The van der Waals surface area contributed by atoms with E-state index in [-0.39, 0.29) is 5.91 Å². The smallest absolute Gasteiger partial charge is 0.219 e. The van der Waals surface area contributed by atoms with Crippen molar-refractivity contribution < 1.29 is 4.79 Å². The number of carbonyl (C=O) groups excluding carboxylic acids is 1. The second-order valence-corrected chi connectivity index (χ2v) is 3.97. The minimum atomic E-state index is 0.245. The van der Waals surface area contributed by atoms with Crippen molar-refractivity contribution in [2.24, 2.45) is 0 Å². The number of rotatable bonds is 0. The Morgan fingerprint density at radius 1 is 1.42 bits per heavy atom. The van der Waals surface area contributed by atoms with Gasteiger partial charge in [0.15, 0.2) is 0 Å². The third-order valence-electron chi connectivity index (χ3n) is 3.03. The van der Waals surface area contributed by atoms with E-state index in [9.17, 15) is 4.79 Å². The number of carbonyl (C=O) groups is 1. The molecule has 12 heavy (non-hydrogen) atoms. The number of hydrogen-bond acceptors (Lipinski definition) is 1. The Morgan fingerprint density at radius 3 is 2.33 bits per heavy atom. The van der Waals surface area contributed by atoms with Gasteiger partial charge in [-0.2, -0.15) is 0 Å². The summed E-state index contributed by atoms with van der Waals surface area (Å²) in [6.07, 6.45) is 4.44. The number of hydrogen-bond donors (Lipinski definition) is 0. The Morgan fingerprint density at radius 2 is 1.92 bits per heavy atom. The predicted molar refractivity (Wildman–Crippen MR) is 47.7 cm³/mol. The van der Waals surface area contributed by atoms with Gasteiger partial charge in [-0.05, 0) is 25.7 Å². The first-order valence-electron chi connectivity index (χ1n) is 4.64. The Kier molecular flexibility index (Phi) is 1.71. The maximum Gasteiger partial charge on any atom is 0.219 e. The van der Waals surface area contributed by atoms with Crippen LogP contribution in [0.25, 0.3) is 0 Å². The van der Waals surface area contributed by atoms with E-state index in [1.165, 1.54) is 18.4 Å². The molecule has 2 saturated heterocycles. The van der Waals surface area contributed by atoms with Crippen LogP contribution in [-0.4, -0.2) is 22.9 Å². The van der Waals surface area contributed by atoms with Crippen LogP contribution in [-0.2, 0) is 4.79 Å². The first-order valence-corrected chi connectivity index (χ1v) is 4.64. The van der Waals surface area contributed by atoms with Gasteiger partial charge in [0.1, 0.15) is 0 Å². The summed E-state index contributed by atoms with van der Waals surface area (Å²) >= 11 is 0. The Bertz CT molecular complexity index is 218. The molecule has 2 bridgehead atoms. The van der Waals surface area contributed by atoms with Crippen molar-refractivity contribution in [1.29, 1.82) is 0 Å². The fourth-order valence-corrected chi connectivity index (χ4v) is 2.63. The second-order valence-electron chi connectivity index (χ2n) is 3.97. The highest BCUT2D eigenvalue weighted by molar-refractivity contribution is 5.74. The largest absolute Gasteiger partial charge is 0.336 e. The minimum Gasteiger partial charge on any atom is -0.336 e. The van der Waals surface area contributed by atoms with Gasteiger partial charge in [0.05, 0.1) is 0 Å². The molecule has 2 fully saturated rings. The summed E-state index contributed by atoms with van der Waals surface area (Å²) in [7, 11) is 0. The van der Waals surface area contributed by atoms with E-state index >= 15 is 0 Å². The number of piperidine rings is 1. The van der Waals surface area contributed by atoms with Gasteiger partial charge in [-0.25, -0.2) is 0 Å². The molecule has 2 heterocycles. The van der Waals surface area contributed by atoms with E-state index in [0.717, 1.165) is 12.8 Å². The summed E-state index contributed by atoms with van der Waals surface area (Å²) in [6.45, 7) is 5.69. The molecule has 0 spiro atoms. The monoisotopic (exact) mass is 165 g/mol. The van der Waals surface area contributed by atoms with Crippen molar-refractivity contribution in [3.8, 4) is 0 Å². The van der Waals surface area contributed by atoms with Crippen LogP contribution < -0.4 is 0 Å². The zero-order valence-electron chi connectivity index (χ0n) is 7.55. The van der Waals surface area contributed by atoms with Crippen molar-refractivity contribution in [2.75, 3.05) is 0 Å². The van der Waals surface area contributed by atoms with E-state index in [2.05, 4.69) is 11.5 Å². The molecule has 2 heteroatoms. The topological polar surface area (TPSA) is 20.3 Å². The van der Waals surface area contributed by atoms with Gasteiger partial charge in [0, 0.05) is 19.0 Å². The average molecular weight is 165 g/mol. The zero-order valence-corrected chi connectivity index (χ0v) is 7.55. The first kappa shape index (κ1) is 7.84. The fourth-order valence-electron chi connectivity index (χ4n) is 2.63. The van der Waals surface area contributed by atoms with Crippen LogP contribution in [0.3, 0.4) is 0 Å². The van der Waals surface area contributed by atoms with E-state index in [1.807, 2.05) is 0 Å². The van der Waals surface area contributed by atoms with Crippen molar-refractivity contribution in [1.82, 2.24) is 4.90 Å². The van der Waals surface area contributed by atoms with E-state index < -0.39 is 0 Å². The number of amides is 1. The molecule has 2 atom stereocenters. The Hall–Kier alpha value is -0.790. The molecule has 2 aliphatic rings. The first-order chi connectivity index (χ1) is 5.68. The summed E-state index contributed by atoms with van der Waals surface area (Å²) in [6, 6.07) is 0.961. The minimum absolute atomic E-state index is 0.245. The van der Waals surface area contributed by atoms with E-state index in [1.54, 1.807) is 6.92 Å². The molecule has 2 nitrogen and oxygen atoms in total. The van der Waals surface area contributed by atoms with E-state index in [0.29, 0.717) is 12.1 Å². The Labute approximate surface area is 73.2 Å². The molecule has 2 unspecified atom stereocenters. The molecule has 0 N–H and O–H groups in total. The van der Waals surface area contributed by atoms with Crippen LogP contribution in [0, 0.1) is 0 Å². The Balaban J connectivity index is 2.19. The average Bonchev–Trinajstić information content (AvgIpc) is 2.24. The lowest BCUT2D eigenvalue weighted by atomic mass is 9.98. The molecular formula is C10H15NO. The zero-order chi connectivity index (χ0) is 8.72. The van der Waals surface area contributed by atoms with Gasteiger partial charge in [0.25, 0.3) is 0 Å². The normalized spacial score (nSPS) is 34.1. The third kappa shape index (κ3) is 1.06. The molecule has 0 aliphatic carbocycles. The number of nitrogens with zero attached hydrogens (tertiary/aromatic N) is 1. The predicted octanol–water partition coefficient (Wildman–Crippen LogP) is 1.72. The fraction of sp³-hybridized carbons (Fsp3) is 0.700. The molecule has 2 aliphatic heterocycles. The van der Waals surface area contributed by atoms with Crippen molar-refractivity contribution in [2.45, 2.75) is 44.7 Å². The summed E-state index contributed by atoms with van der Waals surface area (Å²) in [4.78, 5) is 13.3. The lowest BCUT2D eigenvalue weighted by Gasteiger charge is -2.35. The van der Waals surface area contributed by atoms with Gasteiger partial charge < -0.3 is 4.90 Å². The summed E-state index contributed by atoms with van der Waals surface area (Å²) in [5, 5.41) is 0. The van der Waals surface area contributed by atoms with Gasteiger partial charge in [-0.1, -0.05) is 12.2 Å². The van der Waals surface area contributed by atoms with Gasteiger partial charge in [-0.15, -0.1) is 0 Å². The lowest BCUT2D eigenvalue weighted by Crippen LogP contribution is -2.43. The SMILES string of the molecule is C=C1CC2CCC(C1)N2C(C)=O. The van der Waals surface area contributed by atoms with Crippen molar-refractivity contribution in [3.05, 3.63) is 12.2 Å². The standard InChI is InChI=1S/C10H15NO/c1-7-5-9-3-4-10(6-7)11(9)8(2)12/h9-10H,1,3-6H2,2H3. The van der Waals surface area contributed by atoms with Gasteiger partial charge >= 0.3 is 0 Å². The quantitative estimate of drug-likeness (QED) is 0.500. The van der Waals surface area contributed by atoms with E-state index in [4.69, 9.17) is 0 Å². The highest BCUT2D eigenvalue weighted by atomic mass is 16.2. The highest BCUT2D eigenvalue weighted by Gasteiger charge is 2.39. The van der Waals surface area contributed by atoms with Crippen LogP contribution >= 0.6 is 0 Å². The highest BCUT2D eigenvalue weighted by Crippen LogP contribution is 2.37. The molecule has 0 aromatic heterocycles. The van der Waals surface area contributed by atoms with Gasteiger partial charge in [0.2, 0.25) is 5.91 Å². The molecule has 1 amide bonds. The van der Waals surface area contributed by atoms with Crippen LogP contribution in [0.1, 0.15) is 32.6 Å².